The standard InChI is InChI=1S/C13H13NO3/c1-9(15)14-7-6-10-4-2-3-5-11(10)12(14)8-13(16)17/h2-7,12H,8H2,1H3,(H,16,17)/p-1. The molecule has 0 fully saturated rings. The van der Waals surface area contributed by atoms with Gasteiger partial charge in [0, 0.05) is 25.5 Å². The summed E-state index contributed by atoms with van der Waals surface area (Å²) in [5.41, 5.74) is 1.78. The third kappa shape index (κ3) is 2.20. The van der Waals surface area contributed by atoms with Crippen molar-refractivity contribution in [3.63, 3.8) is 0 Å². The topological polar surface area (TPSA) is 60.4 Å². The molecule has 88 valence electrons. The molecule has 1 unspecified atom stereocenters. The number of fused-ring (bicyclic) bond motifs is 1. The van der Waals surface area contributed by atoms with Gasteiger partial charge in [-0.1, -0.05) is 24.3 Å². The van der Waals surface area contributed by atoms with Gasteiger partial charge in [-0.05, 0) is 17.2 Å². The van der Waals surface area contributed by atoms with Crippen LogP contribution in [0.3, 0.4) is 0 Å². The van der Waals surface area contributed by atoms with E-state index in [0.717, 1.165) is 11.1 Å². The molecule has 1 aromatic carbocycles. The number of nitrogens with zero attached hydrogens (tertiary/aromatic N) is 1. The summed E-state index contributed by atoms with van der Waals surface area (Å²) in [6.45, 7) is 1.42. The Bertz CT molecular complexity index is 493. The minimum atomic E-state index is -1.16. The third-order valence-corrected chi connectivity index (χ3v) is 2.83. The van der Waals surface area contributed by atoms with Gasteiger partial charge in [-0.3, -0.25) is 4.79 Å². The zero-order valence-corrected chi connectivity index (χ0v) is 9.42. The van der Waals surface area contributed by atoms with Gasteiger partial charge in [0.05, 0.1) is 6.04 Å². The summed E-state index contributed by atoms with van der Waals surface area (Å²) in [5.74, 6) is -1.34. The minimum absolute atomic E-state index is 0.179. The molecule has 1 heterocycles. The van der Waals surface area contributed by atoms with Crippen molar-refractivity contribution in [1.82, 2.24) is 4.90 Å². The summed E-state index contributed by atoms with van der Waals surface area (Å²) >= 11 is 0. The van der Waals surface area contributed by atoms with Crippen molar-refractivity contribution in [2.24, 2.45) is 0 Å². The van der Waals surface area contributed by atoms with Crippen LogP contribution in [0.5, 0.6) is 0 Å². The Hall–Kier alpha value is -2.10. The fourth-order valence-electron chi connectivity index (χ4n) is 2.07. The number of carboxylic acids is 1. The van der Waals surface area contributed by atoms with Crippen molar-refractivity contribution in [1.29, 1.82) is 0 Å². The monoisotopic (exact) mass is 230 g/mol. The highest BCUT2D eigenvalue weighted by molar-refractivity contribution is 5.79. The maximum Gasteiger partial charge on any atom is 0.223 e. The number of aliphatic carboxylic acids is 1. The van der Waals surface area contributed by atoms with Crippen LogP contribution in [-0.4, -0.2) is 16.8 Å². The first-order chi connectivity index (χ1) is 8.09. The fraction of sp³-hybridized carbons (Fsp3) is 0.231. The number of amides is 1. The lowest BCUT2D eigenvalue weighted by Gasteiger charge is -2.32. The summed E-state index contributed by atoms with van der Waals surface area (Å²) in [4.78, 5) is 23.7. The molecule has 1 aliphatic rings. The van der Waals surface area contributed by atoms with E-state index in [9.17, 15) is 14.7 Å². The van der Waals surface area contributed by atoms with Crippen LogP contribution in [0.4, 0.5) is 0 Å². The number of hydrogen-bond acceptors (Lipinski definition) is 3. The van der Waals surface area contributed by atoms with Crippen LogP contribution in [0, 0.1) is 0 Å². The van der Waals surface area contributed by atoms with E-state index in [4.69, 9.17) is 0 Å². The predicted molar refractivity (Wildman–Crippen MR) is 60.4 cm³/mol. The molecule has 0 radical (unpaired) electrons. The van der Waals surface area contributed by atoms with E-state index in [0.29, 0.717) is 0 Å². The molecule has 2 rings (SSSR count). The second kappa shape index (κ2) is 4.41. The number of rotatable bonds is 2. The first-order valence-corrected chi connectivity index (χ1v) is 5.35. The second-order valence-electron chi connectivity index (χ2n) is 3.96. The van der Waals surface area contributed by atoms with E-state index in [-0.39, 0.29) is 12.3 Å². The molecular weight excluding hydrogens is 218 g/mol. The van der Waals surface area contributed by atoms with Crippen LogP contribution in [-0.2, 0) is 9.59 Å². The van der Waals surface area contributed by atoms with E-state index >= 15 is 0 Å². The molecule has 4 heteroatoms. The first kappa shape index (κ1) is 11.4. The largest absolute Gasteiger partial charge is 0.550 e. The second-order valence-corrected chi connectivity index (χ2v) is 3.96. The number of carbonyl (C=O) groups is 2. The molecule has 0 bridgehead atoms. The molecule has 1 atom stereocenters. The summed E-state index contributed by atoms with van der Waals surface area (Å²) in [5, 5.41) is 10.8. The van der Waals surface area contributed by atoms with Gasteiger partial charge in [-0.25, -0.2) is 0 Å². The SMILES string of the molecule is CC(=O)N1C=Cc2ccccc2C1CC(=O)[O-]. The Morgan fingerprint density at radius 2 is 2.06 bits per heavy atom. The van der Waals surface area contributed by atoms with Crippen LogP contribution >= 0.6 is 0 Å². The van der Waals surface area contributed by atoms with E-state index in [1.165, 1.54) is 11.8 Å². The van der Waals surface area contributed by atoms with Crippen molar-refractivity contribution in [2.45, 2.75) is 19.4 Å². The summed E-state index contributed by atoms with van der Waals surface area (Å²) in [6, 6.07) is 6.97. The number of carboxylic acid groups (broad SMARTS) is 1. The van der Waals surface area contributed by atoms with Gasteiger partial charge >= 0.3 is 0 Å². The molecule has 17 heavy (non-hydrogen) atoms. The Morgan fingerprint density at radius 1 is 1.35 bits per heavy atom. The average Bonchev–Trinajstić information content (AvgIpc) is 2.28. The van der Waals surface area contributed by atoms with Crippen molar-refractivity contribution in [3.05, 3.63) is 41.6 Å². The molecule has 1 aliphatic heterocycles. The minimum Gasteiger partial charge on any atom is -0.550 e. The third-order valence-electron chi connectivity index (χ3n) is 2.83. The number of hydrogen-bond donors (Lipinski definition) is 0. The van der Waals surface area contributed by atoms with Gasteiger partial charge < -0.3 is 14.8 Å². The van der Waals surface area contributed by atoms with Crippen LogP contribution in [0.2, 0.25) is 0 Å². The maximum atomic E-state index is 11.5. The van der Waals surface area contributed by atoms with E-state index in [1.807, 2.05) is 30.3 Å². The number of benzene rings is 1. The van der Waals surface area contributed by atoms with Crippen LogP contribution < -0.4 is 5.11 Å². The molecule has 1 amide bonds. The Labute approximate surface area is 99.2 Å². The van der Waals surface area contributed by atoms with Crippen molar-refractivity contribution < 1.29 is 14.7 Å². The molecule has 0 saturated heterocycles. The normalized spacial score (nSPS) is 17.7. The van der Waals surface area contributed by atoms with Crippen LogP contribution in [0.25, 0.3) is 6.08 Å². The van der Waals surface area contributed by atoms with Gasteiger partial charge in [0.2, 0.25) is 5.91 Å². The highest BCUT2D eigenvalue weighted by atomic mass is 16.4. The molecule has 0 aliphatic carbocycles. The maximum absolute atomic E-state index is 11.5. The van der Waals surface area contributed by atoms with Gasteiger partial charge in [0.1, 0.15) is 0 Å². The van der Waals surface area contributed by atoms with Crippen LogP contribution in [0.1, 0.15) is 30.5 Å². The number of carbonyl (C=O) groups excluding carboxylic acids is 2. The lowest BCUT2D eigenvalue weighted by atomic mass is 9.94. The first-order valence-electron chi connectivity index (χ1n) is 5.35. The Balaban J connectivity index is 2.43. The molecule has 4 nitrogen and oxygen atoms in total. The molecular formula is C13H12NO3-. The Morgan fingerprint density at radius 3 is 2.71 bits per heavy atom. The van der Waals surface area contributed by atoms with Crippen molar-refractivity contribution in [3.8, 4) is 0 Å². The molecule has 0 N–H and O–H groups in total. The Kier molecular flexibility index (Phi) is 2.95. The summed E-state index contributed by atoms with van der Waals surface area (Å²) < 4.78 is 0. The van der Waals surface area contributed by atoms with E-state index < -0.39 is 12.0 Å². The highest BCUT2D eigenvalue weighted by Crippen LogP contribution is 2.32. The van der Waals surface area contributed by atoms with Crippen LogP contribution in [0.15, 0.2) is 30.5 Å². The van der Waals surface area contributed by atoms with Crippen molar-refractivity contribution >= 4 is 18.0 Å². The van der Waals surface area contributed by atoms with Gasteiger partial charge in [0.15, 0.2) is 0 Å². The van der Waals surface area contributed by atoms with E-state index in [1.54, 1.807) is 6.20 Å². The van der Waals surface area contributed by atoms with Crippen molar-refractivity contribution in [2.75, 3.05) is 0 Å². The van der Waals surface area contributed by atoms with Gasteiger partial charge in [-0.2, -0.15) is 0 Å². The van der Waals surface area contributed by atoms with Gasteiger partial charge in [0.25, 0.3) is 0 Å². The smallest absolute Gasteiger partial charge is 0.223 e. The molecule has 0 saturated carbocycles. The van der Waals surface area contributed by atoms with E-state index in [2.05, 4.69) is 0 Å². The lowest BCUT2D eigenvalue weighted by Crippen LogP contribution is -2.35. The highest BCUT2D eigenvalue weighted by Gasteiger charge is 2.25. The fourth-order valence-corrected chi connectivity index (χ4v) is 2.07. The molecule has 0 aromatic heterocycles. The summed E-state index contributed by atoms with van der Waals surface area (Å²) in [6.07, 6.45) is 3.24. The quantitative estimate of drug-likeness (QED) is 0.751. The summed E-state index contributed by atoms with van der Waals surface area (Å²) in [7, 11) is 0. The average molecular weight is 230 g/mol. The van der Waals surface area contributed by atoms with Gasteiger partial charge in [-0.15, -0.1) is 0 Å². The predicted octanol–water partition coefficient (Wildman–Crippen LogP) is 0.700. The zero-order valence-electron chi connectivity index (χ0n) is 9.42. The molecule has 0 spiro atoms. The lowest BCUT2D eigenvalue weighted by molar-refractivity contribution is -0.306. The molecule has 1 aromatic rings. The zero-order chi connectivity index (χ0) is 12.4.